The number of benzene rings is 1. The molecular weight excluding hydrogens is 240 g/mol. The number of aromatic amines is 1. The van der Waals surface area contributed by atoms with E-state index in [9.17, 15) is 9.90 Å². The molecule has 4 nitrogen and oxygen atoms in total. The number of imidazole rings is 1. The van der Waals surface area contributed by atoms with E-state index in [0.717, 1.165) is 28.8 Å². The fourth-order valence-electron chi connectivity index (χ4n) is 2.76. The van der Waals surface area contributed by atoms with Gasteiger partial charge in [0.1, 0.15) is 5.82 Å². The molecular formula is C15H16N2O2. The summed E-state index contributed by atoms with van der Waals surface area (Å²) in [5.41, 5.74) is 3.03. The summed E-state index contributed by atoms with van der Waals surface area (Å²) in [7, 11) is 0. The van der Waals surface area contributed by atoms with Crippen LogP contribution in [0.1, 0.15) is 30.1 Å². The van der Waals surface area contributed by atoms with E-state index in [1.165, 1.54) is 0 Å². The normalized spacial score (nSPS) is 22.8. The molecule has 0 aliphatic heterocycles. The Labute approximate surface area is 111 Å². The maximum Gasteiger partial charge on any atom is 0.307 e. The minimum absolute atomic E-state index is 0.0608. The topological polar surface area (TPSA) is 66.0 Å². The number of allylic oxidation sites excluding steroid dienone is 2. The van der Waals surface area contributed by atoms with E-state index in [1.807, 2.05) is 37.3 Å². The standard InChI is InChI=1S/C15H16N2O2/c1-9-5-4-8-12-13(9)17-14(16-12)10-6-2-3-7-11(10)15(18)19/h2-5,8,10-11H,6-7H2,1H3,(H,16,17)(H,18,19). The Morgan fingerprint density at radius 2 is 2.16 bits per heavy atom. The number of H-pyrrole nitrogens is 1. The van der Waals surface area contributed by atoms with Crippen molar-refractivity contribution in [1.82, 2.24) is 9.97 Å². The summed E-state index contributed by atoms with van der Waals surface area (Å²) in [6, 6.07) is 5.98. The van der Waals surface area contributed by atoms with Crippen molar-refractivity contribution in [2.45, 2.75) is 25.7 Å². The molecule has 3 rings (SSSR count). The van der Waals surface area contributed by atoms with Gasteiger partial charge in [-0.15, -0.1) is 0 Å². The first kappa shape index (κ1) is 12.0. The molecule has 1 aromatic carbocycles. The van der Waals surface area contributed by atoms with Gasteiger partial charge in [-0.05, 0) is 31.4 Å². The molecule has 0 bridgehead atoms. The number of carboxylic acid groups (broad SMARTS) is 1. The third kappa shape index (κ3) is 2.03. The number of carbonyl (C=O) groups is 1. The van der Waals surface area contributed by atoms with Crippen molar-refractivity contribution < 1.29 is 9.90 Å². The van der Waals surface area contributed by atoms with Gasteiger partial charge in [-0.1, -0.05) is 24.3 Å². The highest BCUT2D eigenvalue weighted by Crippen LogP contribution is 2.34. The molecule has 2 N–H and O–H groups in total. The Hall–Kier alpha value is -2.10. The van der Waals surface area contributed by atoms with Crippen LogP contribution in [0.15, 0.2) is 30.4 Å². The van der Waals surface area contributed by atoms with Crippen LogP contribution in [0.25, 0.3) is 11.0 Å². The van der Waals surface area contributed by atoms with Gasteiger partial charge in [-0.3, -0.25) is 4.79 Å². The maximum absolute atomic E-state index is 11.3. The van der Waals surface area contributed by atoms with Crippen molar-refractivity contribution in [3.63, 3.8) is 0 Å². The molecule has 2 unspecified atom stereocenters. The zero-order valence-corrected chi connectivity index (χ0v) is 10.8. The second-order valence-electron chi connectivity index (χ2n) is 5.09. The highest BCUT2D eigenvalue weighted by molar-refractivity contribution is 5.79. The number of nitrogens with zero attached hydrogens (tertiary/aromatic N) is 1. The van der Waals surface area contributed by atoms with E-state index in [2.05, 4.69) is 9.97 Å². The fraction of sp³-hybridized carbons (Fsp3) is 0.333. The number of hydrogen-bond donors (Lipinski definition) is 2. The van der Waals surface area contributed by atoms with Crippen molar-refractivity contribution >= 4 is 17.0 Å². The number of aromatic nitrogens is 2. The van der Waals surface area contributed by atoms with E-state index < -0.39 is 5.97 Å². The lowest BCUT2D eigenvalue weighted by molar-refractivity contribution is -0.142. The third-order valence-electron chi connectivity index (χ3n) is 3.83. The lowest BCUT2D eigenvalue weighted by Gasteiger charge is -2.23. The summed E-state index contributed by atoms with van der Waals surface area (Å²) in [5.74, 6) is -0.396. The average Bonchev–Trinajstić information content (AvgIpc) is 2.84. The molecule has 0 fully saturated rings. The van der Waals surface area contributed by atoms with Crippen LogP contribution in [0.3, 0.4) is 0 Å². The monoisotopic (exact) mass is 256 g/mol. The molecule has 0 saturated heterocycles. The molecule has 4 heteroatoms. The van der Waals surface area contributed by atoms with Crippen molar-refractivity contribution in [2.75, 3.05) is 0 Å². The van der Waals surface area contributed by atoms with Gasteiger partial charge in [0.25, 0.3) is 0 Å². The van der Waals surface area contributed by atoms with Crippen LogP contribution in [-0.4, -0.2) is 21.0 Å². The fourth-order valence-corrected chi connectivity index (χ4v) is 2.76. The number of nitrogens with one attached hydrogen (secondary N) is 1. The Kier molecular flexibility index (Phi) is 2.85. The first-order valence-electron chi connectivity index (χ1n) is 6.50. The van der Waals surface area contributed by atoms with Crippen LogP contribution in [0.2, 0.25) is 0 Å². The number of aryl methyl sites for hydroxylation is 1. The predicted octanol–water partition coefficient (Wildman–Crippen LogP) is 3.01. The van der Waals surface area contributed by atoms with Crippen molar-refractivity contribution in [2.24, 2.45) is 5.92 Å². The molecule has 19 heavy (non-hydrogen) atoms. The SMILES string of the molecule is Cc1cccc2[nH]c(C3CC=CCC3C(=O)O)nc12. The van der Waals surface area contributed by atoms with Crippen LogP contribution >= 0.6 is 0 Å². The number of aliphatic carboxylic acids is 1. The summed E-state index contributed by atoms with van der Waals surface area (Å²) in [6.07, 6.45) is 5.30. The van der Waals surface area contributed by atoms with Crippen molar-refractivity contribution in [1.29, 1.82) is 0 Å². The third-order valence-corrected chi connectivity index (χ3v) is 3.83. The molecule has 2 atom stereocenters. The van der Waals surface area contributed by atoms with E-state index in [0.29, 0.717) is 6.42 Å². The van der Waals surface area contributed by atoms with Crippen LogP contribution in [0, 0.1) is 12.8 Å². The quantitative estimate of drug-likeness (QED) is 0.812. The van der Waals surface area contributed by atoms with E-state index >= 15 is 0 Å². The highest BCUT2D eigenvalue weighted by atomic mass is 16.4. The summed E-state index contributed by atoms with van der Waals surface area (Å²) in [4.78, 5) is 19.2. The zero-order valence-electron chi connectivity index (χ0n) is 10.8. The Morgan fingerprint density at radius 1 is 1.37 bits per heavy atom. The number of carboxylic acids is 1. The molecule has 1 aliphatic carbocycles. The van der Waals surface area contributed by atoms with Crippen molar-refractivity contribution in [3.05, 3.63) is 41.7 Å². The number of rotatable bonds is 2. The van der Waals surface area contributed by atoms with Gasteiger partial charge in [0, 0.05) is 5.92 Å². The molecule has 1 aliphatic rings. The van der Waals surface area contributed by atoms with Gasteiger partial charge < -0.3 is 10.1 Å². The molecule has 2 aromatic rings. The summed E-state index contributed by atoms with van der Waals surface area (Å²) in [5, 5.41) is 9.32. The molecule has 1 heterocycles. The van der Waals surface area contributed by atoms with Gasteiger partial charge in [0.2, 0.25) is 0 Å². The van der Waals surface area contributed by atoms with E-state index in [1.54, 1.807) is 0 Å². The van der Waals surface area contributed by atoms with E-state index in [4.69, 9.17) is 0 Å². The van der Waals surface area contributed by atoms with E-state index in [-0.39, 0.29) is 11.8 Å². The van der Waals surface area contributed by atoms with Gasteiger partial charge in [-0.25, -0.2) is 4.98 Å². The summed E-state index contributed by atoms with van der Waals surface area (Å²) in [6.45, 7) is 2.02. The van der Waals surface area contributed by atoms with Crippen LogP contribution in [-0.2, 0) is 4.79 Å². The Balaban J connectivity index is 2.05. The summed E-state index contributed by atoms with van der Waals surface area (Å²) < 4.78 is 0. The smallest absolute Gasteiger partial charge is 0.307 e. The molecule has 1 aromatic heterocycles. The van der Waals surface area contributed by atoms with Gasteiger partial charge in [0.05, 0.1) is 17.0 Å². The lowest BCUT2D eigenvalue weighted by atomic mass is 9.82. The molecule has 0 spiro atoms. The van der Waals surface area contributed by atoms with Gasteiger partial charge in [0.15, 0.2) is 0 Å². The molecule has 0 amide bonds. The lowest BCUT2D eigenvalue weighted by Crippen LogP contribution is -2.24. The minimum atomic E-state index is -0.744. The average molecular weight is 256 g/mol. The zero-order chi connectivity index (χ0) is 13.4. The largest absolute Gasteiger partial charge is 0.481 e. The summed E-state index contributed by atoms with van der Waals surface area (Å²) >= 11 is 0. The van der Waals surface area contributed by atoms with Gasteiger partial charge in [-0.2, -0.15) is 0 Å². The Morgan fingerprint density at radius 3 is 2.89 bits per heavy atom. The first-order valence-corrected chi connectivity index (χ1v) is 6.50. The molecule has 0 radical (unpaired) electrons. The predicted molar refractivity (Wildman–Crippen MR) is 73.1 cm³/mol. The first-order chi connectivity index (χ1) is 9.16. The number of para-hydroxylation sites is 1. The maximum atomic E-state index is 11.3. The Bertz CT molecular complexity index is 657. The number of hydrogen-bond acceptors (Lipinski definition) is 2. The molecule has 0 saturated carbocycles. The minimum Gasteiger partial charge on any atom is -0.481 e. The highest BCUT2D eigenvalue weighted by Gasteiger charge is 2.32. The van der Waals surface area contributed by atoms with Crippen LogP contribution in [0.4, 0.5) is 0 Å². The van der Waals surface area contributed by atoms with Crippen molar-refractivity contribution in [3.8, 4) is 0 Å². The second kappa shape index (κ2) is 4.53. The second-order valence-corrected chi connectivity index (χ2v) is 5.09. The number of fused-ring (bicyclic) bond motifs is 1. The van der Waals surface area contributed by atoms with Crippen LogP contribution in [0.5, 0.6) is 0 Å². The van der Waals surface area contributed by atoms with Crippen LogP contribution < -0.4 is 0 Å². The van der Waals surface area contributed by atoms with Gasteiger partial charge >= 0.3 is 5.97 Å². The molecule has 98 valence electrons.